The molecule has 1 unspecified atom stereocenters. The predicted octanol–water partition coefficient (Wildman–Crippen LogP) is 2.86. The fourth-order valence-electron chi connectivity index (χ4n) is 1.92. The third-order valence-electron chi connectivity index (χ3n) is 3.18. The molecular formula is C15H16Br2N2O4S2. The first kappa shape index (κ1) is 20.5. The maximum atomic E-state index is 12.3. The molecule has 2 aromatic rings. The third-order valence-corrected chi connectivity index (χ3v) is 7.29. The van der Waals surface area contributed by atoms with Gasteiger partial charge in [-0.3, -0.25) is 0 Å². The SMILES string of the molecule is CC(CNS(=O)(=O)c1ccc(Br)cc1)NS(=O)(=O)c1ccc(Br)cc1. The Labute approximate surface area is 164 Å². The first-order chi connectivity index (χ1) is 11.6. The molecule has 0 amide bonds. The van der Waals surface area contributed by atoms with E-state index in [1.165, 1.54) is 24.3 Å². The van der Waals surface area contributed by atoms with E-state index in [0.29, 0.717) is 0 Å². The molecule has 2 rings (SSSR count). The van der Waals surface area contributed by atoms with Crippen LogP contribution in [0.2, 0.25) is 0 Å². The van der Waals surface area contributed by atoms with E-state index in [1.807, 2.05) is 0 Å². The lowest BCUT2D eigenvalue weighted by atomic mass is 10.4. The van der Waals surface area contributed by atoms with Crippen LogP contribution in [-0.2, 0) is 20.0 Å². The number of halogens is 2. The quantitative estimate of drug-likeness (QED) is 0.597. The molecule has 0 aliphatic heterocycles. The first-order valence-corrected chi connectivity index (χ1v) is 11.7. The second-order valence-corrected chi connectivity index (χ2v) is 10.6. The molecule has 0 aliphatic carbocycles. The first-order valence-electron chi connectivity index (χ1n) is 7.13. The van der Waals surface area contributed by atoms with Gasteiger partial charge in [0, 0.05) is 21.5 Å². The summed E-state index contributed by atoms with van der Waals surface area (Å²) in [5, 5.41) is 0. The van der Waals surface area contributed by atoms with E-state index in [9.17, 15) is 16.8 Å². The molecule has 0 aliphatic rings. The maximum Gasteiger partial charge on any atom is 0.240 e. The Bertz CT molecular complexity index is 929. The van der Waals surface area contributed by atoms with Gasteiger partial charge in [-0.2, -0.15) is 0 Å². The van der Waals surface area contributed by atoms with Crippen LogP contribution in [0.1, 0.15) is 6.92 Å². The van der Waals surface area contributed by atoms with Crippen molar-refractivity contribution in [1.82, 2.24) is 9.44 Å². The highest BCUT2D eigenvalue weighted by atomic mass is 79.9. The standard InChI is InChI=1S/C15H16Br2N2O4S2/c1-11(19-25(22,23)15-8-4-13(17)5-9-15)10-18-24(20,21)14-6-2-12(16)3-7-14/h2-9,11,18-19H,10H2,1H3. The van der Waals surface area contributed by atoms with Gasteiger partial charge in [0.05, 0.1) is 9.79 Å². The van der Waals surface area contributed by atoms with Crippen molar-refractivity contribution in [2.24, 2.45) is 0 Å². The lowest BCUT2D eigenvalue weighted by Crippen LogP contribution is -2.41. The zero-order chi connectivity index (χ0) is 18.7. The summed E-state index contributed by atoms with van der Waals surface area (Å²) in [4.78, 5) is 0.219. The molecule has 2 aromatic carbocycles. The Hall–Kier alpha value is -0.780. The second-order valence-electron chi connectivity index (χ2n) is 5.28. The molecule has 6 nitrogen and oxygen atoms in total. The number of benzene rings is 2. The van der Waals surface area contributed by atoms with Crippen molar-refractivity contribution in [2.75, 3.05) is 6.54 Å². The summed E-state index contributed by atoms with van der Waals surface area (Å²) in [6.45, 7) is 1.51. The van der Waals surface area contributed by atoms with Gasteiger partial charge >= 0.3 is 0 Å². The van der Waals surface area contributed by atoms with Gasteiger partial charge in [-0.25, -0.2) is 26.3 Å². The summed E-state index contributed by atoms with van der Waals surface area (Å²) >= 11 is 6.48. The van der Waals surface area contributed by atoms with Crippen molar-refractivity contribution >= 4 is 51.9 Å². The van der Waals surface area contributed by atoms with Crippen LogP contribution in [0.3, 0.4) is 0 Å². The molecule has 136 valence electrons. The summed E-state index contributed by atoms with van der Waals surface area (Å²) in [5.41, 5.74) is 0. The van der Waals surface area contributed by atoms with Crippen LogP contribution in [0.15, 0.2) is 67.3 Å². The Balaban J connectivity index is 2.01. The van der Waals surface area contributed by atoms with Crippen LogP contribution in [0.5, 0.6) is 0 Å². The van der Waals surface area contributed by atoms with Crippen molar-refractivity contribution in [3.63, 3.8) is 0 Å². The van der Waals surface area contributed by atoms with E-state index in [4.69, 9.17) is 0 Å². The zero-order valence-corrected chi connectivity index (χ0v) is 17.9. The molecule has 0 fully saturated rings. The molecule has 1 atom stereocenters. The molecule has 0 radical (unpaired) electrons. The van der Waals surface area contributed by atoms with Gasteiger partial charge in [0.15, 0.2) is 0 Å². The minimum Gasteiger partial charge on any atom is -0.210 e. The van der Waals surface area contributed by atoms with E-state index in [2.05, 4.69) is 41.3 Å². The van der Waals surface area contributed by atoms with Crippen molar-refractivity contribution < 1.29 is 16.8 Å². The van der Waals surface area contributed by atoms with Crippen LogP contribution in [0.25, 0.3) is 0 Å². The van der Waals surface area contributed by atoms with E-state index in [-0.39, 0.29) is 16.3 Å². The average Bonchev–Trinajstić information content (AvgIpc) is 2.53. The predicted molar refractivity (Wildman–Crippen MR) is 103 cm³/mol. The highest BCUT2D eigenvalue weighted by molar-refractivity contribution is 9.10. The highest BCUT2D eigenvalue weighted by Gasteiger charge is 2.20. The Morgan fingerprint density at radius 3 is 1.64 bits per heavy atom. The number of hydrogen-bond donors (Lipinski definition) is 2. The normalized spacial score (nSPS) is 13.6. The van der Waals surface area contributed by atoms with Gasteiger partial charge in [0.25, 0.3) is 0 Å². The monoisotopic (exact) mass is 510 g/mol. The number of sulfonamides is 2. The third kappa shape index (κ3) is 5.87. The smallest absolute Gasteiger partial charge is 0.210 e. The topological polar surface area (TPSA) is 92.3 Å². The van der Waals surface area contributed by atoms with Gasteiger partial charge in [-0.1, -0.05) is 31.9 Å². The van der Waals surface area contributed by atoms with Crippen LogP contribution < -0.4 is 9.44 Å². The van der Waals surface area contributed by atoms with Crippen LogP contribution >= 0.6 is 31.9 Å². The van der Waals surface area contributed by atoms with Gasteiger partial charge in [0.2, 0.25) is 20.0 Å². The maximum absolute atomic E-state index is 12.3. The summed E-state index contributed by atoms with van der Waals surface area (Å²) in [6.07, 6.45) is 0. The van der Waals surface area contributed by atoms with E-state index in [1.54, 1.807) is 31.2 Å². The molecule has 25 heavy (non-hydrogen) atoms. The van der Waals surface area contributed by atoms with Crippen LogP contribution in [0.4, 0.5) is 0 Å². The number of nitrogens with one attached hydrogen (secondary N) is 2. The Morgan fingerprint density at radius 1 is 0.800 bits per heavy atom. The van der Waals surface area contributed by atoms with Crippen molar-refractivity contribution in [3.05, 3.63) is 57.5 Å². The molecule has 0 saturated carbocycles. The molecule has 0 aromatic heterocycles. The Kier molecular flexibility index (Phi) is 6.80. The number of rotatable bonds is 7. The van der Waals surface area contributed by atoms with Crippen LogP contribution in [0, 0.1) is 0 Å². The minimum atomic E-state index is -3.73. The lowest BCUT2D eigenvalue weighted by Gasteiger charge is -2.15. The largest absolute Gasteiger partial charge is 0.240 e. The fraction of sp³-hybridized carbons (Fsp3) is 0.200. The fourth-order valence-corrected chi connectivity index (χ4v) is 4.82. The van der Waals surface area contributed by atoms with Gasteiger partial charge in [0.1, 0.15) is 0 Å². The minimum absolute atomic E-state index is 0.0752. The molecule has 0 saturated heterocycles. The summed E-state index contributed by atoms with van der Waals surface area (Å²) in [5.74, 6) is 0. The number of hydrogen-bond acceptors (Lipinski definition) is 4. The van der Waals surface area contributed by atoms with Gasteiger partial charge in [-0.15, -0.1) is 0 Å². The molecule has 0 bridgehead atoms. The van der Waals surface area contributed by atoms with E-state index in [0.717, 1.165) is 8.95 Å². The van der Waals surface area contributed by atoms with Crippen LogP contribution in [-0.4, -0.2) is 29.4 Å². The molecular weight excluding hydrogens is 496 g/mol. The summed E-state index contributed by atoms with van der Waals surface area (Å²) in [7, 11) is -7.44. The molecule has 10 heteroatoms. The van der Waals surface area contributed by atoms with Gasteiger partial charge in [-0.05, 0) is 55.5 Å². The molecule has 0 spiro atoms. The van der Waals surface area contributed by atoms with E-state index < -0.39 is 26.1 Å². The lowest BCUT2D eigenvalue weighted by molar-refractivity contribution is 0.545. The van der Waals surface area contributed by atoms with Gasteiger partial charge < -0.3 is 0 Å². The summed E-state index contributed by atoms with van der Waals surface area (Å²) < 4.78 is 55.4. The zero-order valence-electron chi connectivity index (χ0n) is 13.1. The molecule has 2 N–H and O–H groups in total. The summed E-state index contributed by atoms with van der Waals surface area (Å²) in [6, 6.07) is 11.7. The second kappa shape index (κ2) is 8.28. The average molecular weight is 512 g/mol. The van der Waals surface area contributed by atoms with Crippen molar-refractivity contribution in [2.45, 2.75) is 22.8 Å². The van der Waals surface area contributed by atoms with Crippen molar-refractivity contribution in [1.29, 1.82) is 0 Å². The Morgan fingerprint density at radius 2 is 1.20 bits per heavy atom. The molecule has 0 heterocycles. The van der Waals surface area contributed by atoms with E-state index >= 15 is 0 Å². The highest BCUT2D eigenvalue weighted by Crippen LogP contribution is 2.16. The van der Waals surface area contributed by atoms with Crippen molar-refractivity contribution in [3.8, 4) is 0 Å².